The Bertz CT molecular complexity index is 1730. The summed E-state index contributed by atoms with van der Waals surface area (Å²) in [6, 6.07) is -1.09. The minimum absolute atomic E-state index is 0.0513. The Morgan fingerprint density at radius 1 is 0.859 bits per heavy atom. The number of aliphatic hydroxyl groups is 2. The van der Waals surface area contributed by atoms with Crippen molar-refractivity contribution in [2.45, 2.75) is 182 Å². The number of nitrogens with zero attached hydrogens (tertiary/aromatic N) is 1. The molecule has 3 fully saturated rings. The molecule has 0 radical (unpaired) electrons. The minimum atomic E-state index is -2.40. The topological polar surface area (TPSA) is 166 Å². The number of fused-ring (bicyclic) bond motifs is 3. The lowest BCUT2D eigenvalue weighted by molar-refractivity contribution is -0.265. The highest BCUT2D eigenvalue weighted by atomic mass is 16.6. The summed E-state index contributed by atoms with van der Waals surface area (Å²) in [5.41, 5.74) is 1.42. The predicted molar refractivity (Wildman–Crippen MR) is 247 cm³/mol. The number of allylic oxidation sites excluding steroid dienone is 6. The van der Waals surface area contributed by atoms with Crippen LogP contribution in [0.2, 0.25) is 0 Å². The number of esters is 1. The summed E-state index contributed by atoms with van der Waals surface area (Å²) in [6.45, 7) is 17.1. The summed E-state index contributed by atoms with van der Waals surface area (Å²) >= 11 is 0. The van der Waals surface area contributed by atoms with Crippen molar-refractivity contribution >= 4 is 29.2 Å². The fourth-order valence-corrected chi connectivity index (χ4v) is 10.6. The van der Waals surface area contributed by atoms with Crippen LogP contribution in [0.3, 0.4) is 0 Å². The summed E-state index contributed by atoms with van der Waals surface area (Å²) in [4.78, 5) is 71.7. The number of amides is 1. The number of rotatable bonds is 5. The van der Waals surface area contributed by atoms with Crippen molar-refractivity contribution in [2.75, 3.05) is 20.8 Å². The van der Waals surface area contributed by atoms with Gasteiger partial charge in [0.2, 0.25) is 5.79 Å². The Balaban J connectivity index is 1.68. The van der Waals surface area contributed by atoms with Crippen LogP contribution in [0.25, 0.3) is 0 Å². The average molecular weight is 896 g/mol. The van der Waals surface area contributed by atoms with Crippen molar-refractivity contribution in [1.82, 2.24) is 4.90 Å². The third-order valence-corrected chi connectivity index (χ3v) is 14.9. The Morgan fingerprint density at radius 3 is 2.25 bits per heavy atom. The summed E-state index contributed by atoms with van der Waals surface area (Å²) in [5.74, 6) is -7.21. The summed E-state index contributed by atoms with van der Waals surface area (Å²) in [6.07, 6.45) is 15.5. The Hall–Kier alpha value is -3.29. The lowest BCUT2D eigenvalue weighted by Crippen LogP contribution is -2.61. The van der Waals surface area contributed by atoms with Crippen LogP contribution in [0.5, 0.6) is 0 Å². The average Bonchev–Trinajstić information content (AvgIpc) is 3.27. The van der Waals surface area contributed by atoms with Gasteiger partial charge in [0.25, 0.3) is 11.7 Å². The van der Waals surface area contributed by atoms with Gasteiger partial charge in [-0.1, -0.05) is 84.9 Å². The van der Waals surface area contributed by atoms with E-state index in [1.807, 2.05) is 58.1 Å². The van der Waals surface area contributed by atoms with E-state index in [1.54, 1.807) is 48.0 Å². The second-order valence-electron chi connectivity index (χ2n) is 20.1. The van der Waals surface area contributed by atoms with E-state index in [0.29, 0.717) is 62.4 Å². The molecule has 0 spiro atoms. The van der Waals surface area contributed by atoms with Gasteiger partial charge in [0.05, 0.1) is 24.4 Å². The predicted octanol–water partition coefficient (Wildman–Crippen LogP) is 8.08. The monoisotopic (exact) mass is 896 g/mol. The molecule has 0 aromatic rings. The van der Waals surface area contributed by atoms with E-state index in [0.717, 1.165) is 24.8 Å². The maximum atomic E-state index is 14.4. The normalized spacial score (nSPS) is 40.9. The first kappa shape index (κ1) is 53.3. The van der Waals surface area contributed by atoms with Crippen molar-refractivity contribution in [2.24, 2.45) is 47.3 Å². The molecule has 2 saturated heterocycles. The van der Waals surface area contributed by atoms with E-state index in [2.05, 4.69) is 6.92 Å². The van der Waals surface area contributed by atoms with Crippen LogP contribution in [0.4, 0.5) is 0 Å². The molecule has 1 amide bonds. The van der Waals surface area contributed by atoms with E-state index in [-0.39, 0.29) is 54.8 Å². The van der Waals surface area contributed by atoms with Gasteiger partial charge in [0, 0.05) is 57.3 Å². The summed E-state index contributed by atoms with van der Waals surface area (Å²) in [5, 5.41) is 23.3. The zero-order valence-corrected chi connectivity index (χ0v) is 40.8. The molecule has 0 aromatic carbocycles. The molecule has 1 unspecified atom stereocenters. The van der Waals surface area contributed by atoms with Gasteiger partial charge in [-0.3, -0.25) is 19.2 Å². The SMILES string of the molecule is CO[C@H]1C[C@@H]2CC[C@@H](C)[C@@](O)(O2)C(=O)C(=O)N2CCCCC2C(=O)O[C@H]([C@H](C)C[C@@H]2CC[C@@H](OC)[C@H](C)C2)CC(=O)[C@H](C)/C=C(\C)[C@@H](O)[C@@H](C)C(=O)[C@H](C)C[C@H](C)/C=C/C=C/C=C/1C. The minimum Gasteiger partial charge on any atom is -0.460 e. The van der Waals surface area contributed by atoms with Crippen molar-refractivity contribution < 1.29 is 53.1 Å². The maximum absolute atomic E-state index is 14.4. The van der Waals surface area contributed by atoms with E-state index in [1.165, 1.54) is 4.90 Å². The van der Waals surface area contributed by atoms with Gasteiger partial charge >= 0.3 is 5.97 Å². The zero-order chi connectivity index (χ0) is 47.5. The number of ether oxygens (including phenoxy) is 4. The highest BCUT2D eigenvalue weighted by Crippen LogP contribution is 2.38. The molecule has 4 aliphatic rings. The van der Waals surface area contributed by atoms with E-state index in [9.17, 15) is 34.2 Å². The first-order valence-corrected chi connectivity index (χ1v) is 24.2. The van der Waals surface area contributed by atoms with E-state index < -0.39 is 71.7 Å². The van der Waals surface area contributed by atoms with Crippen molar-refractivity contribution in [1.29, 1.82) is 0 Å². The molecule has 4 rings (SSSR count). The van der Waals surface area contributed by atoms with Crippen molar-refractivity contribution in [3.63, 3.8) is 0 Å². The number of methoxy groups -OCH3 is 2. The molecule has 64 heavy (non-hydrogen) atoms. The molecule has 1 aliphatic carbocycles. The van der Waals surface area contributed by atoms with Gasteiger partial charge in [-0.25, -0.2) is 4.79 Å². The molecule has 1 saturated carbocycles. The highest BCUT2D eigenvalue weighted by Gasteiger charge is 2.53. The summed E-state index contributed by atoms with van der Waals surface area (Å²) in [7, 11) is 3.33. The van der Waals surface area contributed by atoms with Gasteiger partial charge in [-0.2, -0.15) is 0 Å². The standard InChI is InChI=1S/C52H81NO11/c1-31-17-13-12-14-18-32(2)45(62-11)29-41-22-20-38(8)52(60,64-41)49(57)50(58)53-24-16-15-19-42(53)51(59)63-46(35(5)28-40-21-23-44(61-10)34(4)27-40)30-43(54)33(3)26-37(7)48(56)39(9)47(55)36(6)25-31/h12-14,17-18,26,31,33-36,38-42,44-46,48,56,60H,15-16,19-25,27-30H2,1-11H3/b14-12+,17-13+,32-18+,37-26+/t31-,33-,34-,35-,36-,38-,39+,40-,41+,42?,44-,45+,46+,48-,52-/m1/s1. The molecule has 12 nitrogen and oxygen atoms in total. The molecule has 15 atom stereocenters. The Labute approximate surface area is 383 Å². The number of cyclic esters (lactones) is 1. The van der Waals surface area contributed by atoms with Gasteiger partial charge in [0.1, 0.15) is 23.7 Å². The molecule has 360 valence electrons. The van der Waals surface area contributed by atoms with Crippen molar-refractivity contribution in [3.05, 3.63) is 47.6 Å². The molecule has 3 aliphatic heterocycles. The highest BCUT2D eigenvalue weighted by molar-refractivity contribution is 6.39. The number of ketones is 3. The number of carbonyl (C=O) groups excluding carboxylic acids is 5. The fraction of sp³-hybridized carbons (Fsp3) is 0.750. The van der Waals surface area contributed by atoms with Crippen LogP contribution in [0.1, 0.15) is 139 Å². The lowest BCUT2D eigenvalue weighted by atomic mass is 9.75. The first-order chi connectivity index (χ1) is 30.2. The Kier molecular flexibility index (Phi) is 20.4. The fourth-order valence-electron chi connectivity index (χ4n) is 10.6. The third-order valence-electron chi connectivity index (χ3n) is 14.9. The largest absolute Gasteiger partial charge is 0.460 e. The molecular formula is C52H81NO11. The second-order valence-corrected chi connectivity index (χ2v) is 20.1. The second kappa shape index (κ2) is 24.5. The number of hydrogen-bond acceptors (Lipinski definition) is 11. The van der Waals surface area contributed by atoms with Gasteiger partial charge < -0.3 is 34.1 Å². The van der Waals surface area contributed by atoms with Gasteiger partial charge in [0.15, 0.2) is 0 Å². The number of carbonyl (C=O) groups is 5. The smallest absolute Gasteiger partial charge is 0.329 e. The van der Waals surface area contributed by atoms with Gasteiger partial charge in [-0.05, 0) is 113 Å². The van der Waals surface area contributed by atoms with Crippen LogP contribution in [0, 0.1) is 47.3 Å². The molecule has 3 heterocycles. The van der Waals surface area contributed by atoms with Crippen LogP contribution in [-0.2, 0) is 42.9 Å². The van der Waals surface area contributed by atoms with Crippen LogP contribution in [-0.4, -0.2) is 107 Å². The molecular weight excluding hydrogens is 815 g/mol. The number of Topliss-reactive ketones (excluding diaryl/α,β-unsaturated/α-hetero) is 3. The van der Waals surface area contributed by atoms with Crippen LogP contribution < -0.4 is 0 Å². The molecule has 12 heteroatoms. The quantitative estimate of drug-likeness (QED) is 0.156. The third kappa shape index (κ3) is 13.9. The number of aliphatic hydroxyl groups excluding tert-OH is 1. The van der Waals surface area contributed by atoms with E-state index >= 15 is 0 Å². The Morgan fingerprint density at radius 2 is 1.58 bits per heavy atom. The van der Waals surface area contributed by atoms with Crippen molar-refractivity contribution in [3.8, 4) is 0 Å². The molecule has 0 aromatic heterocycles. The first-order valence-electron chi connectivity index (χ1n) is 24.2. The molecule has 2 N–H and O–H groups in total. The van der Waals surface area contributed by atoms with Gasteiger partial charge in [-0.15, -0.1) is 0 Å². The van der Waals surface area contributed by atoms with E-state index in [4.69, 9.17) is 18.9 Å². The number of piperidine rings is 1. The summed E-state index contributed by atoms with van der Waals surface area (Å²) < 4.78 is 24.0. The maximum Gasteiger partial charge on any atom is 0.329 e. The van der Waals surface area contributed by atoms with Crippen LogP contribution in [0.15, 0.2) is 47.6 Å². The molecule has 2 bridgehead atoms. The lowest BCUT2D eigenvalue weighted by Gasteiger charge is -2.42. The zero-order valence-electron chi connectivity index (χ0n) is 40.8. The number of hydrogen-bond donors (Lipinski definition) is 2. The van der Waals surface area contributed by atoms with Crippen LogP contribution >= 0.6 is 0 Å².